The van der Waals surface area contributed by atoms with Gasteiger partial charge in [-0.25, -0.2) is 4.79 Å². The van der Waals surface area contributed by atoms with Crippen LogP contribution in [0.15, 0.2) is 0 Å². The number of amides is 1. The van der Waals surface area contributed by atoms with Crippen molar-refractivity contribution in [3.63, 3.8) is 0 Å². The molecule has 2 N–H and O–H groups in total. The minimum absolute atomic E-state index is 0.0407. The molecule has 1 amide bonds. The Morgan fingerprint density at radius 3 is 2.28 bits per heavy atom. The number of Topliss-reactive ketones (excluding diaryl/α,β-unsaturated/α-hetero) is 1. The second-order valence-corrected chi connectivity index (χ2v) is 5.29. The van der Waals surface area contributed by atoms with Crippen LogP contribution < -0.4 is 5.32 Å². The van der Waals surface area contributed by atoms with Crippen LogP contribution in [0.4, 0.5) is 4.79 Å². The third-order valence-electron chi connectivity index (χ3n) is 1.86. The van der Waals surface area contributed by atoms with E-state index in [-0.39, 0.29) is 24.0 Å². The van der Waals surface area contributed by atoms with Gasteiger partial charge in [-0.1, -0.05) is 15.9 Å². The van der Waals surface area contributed by atoms with Gasteiger partial charge in [0.05, 0.1) is 11.4 Å². The number of carbonyl (C=O) groups is 3. The lowest BCUT2D eigenvalue weighted by Crippen LogP contribution is -2.44. The number of alkyl halides is 1. The van der Waals surface area contributed by atoms with Crippen molar-refractivity contribution in [2.45, 2.75) is 45.3 Å². The van der Waals surface area contributed by atoms with Crippen LogP contribution in [0.5, 0.6) is 0 Å². The summed E-state index contributed by atoms with van der Waals surface area (Å²) in [6.07, 6.45) is -0.884. The third-order valence-corrected chi connectivity index (χ3v) is 2.41. The predicted molar refractivity (Wildman–Crippen MR) is 68.8 cm³/mol. The van der Waals surface area contributed by atoms with Crippen molar-refractivity contribution in [2.24, 2.45) is 0 Å². The molecule has 0 aromatic carbocycles. The number of halogens is 1. The minimum Gasteiger partial charge on any atom is -0.481 e. The molecular weight excluding hydrogens is 306 g/mol. The van der Waals surface area contributed by atoms with Crippen LogP contribution in [0.25, 0.3) is 0 Å². The summed E-state index contributed by atoms with van der Waals surface area (Å²) in [4.78, 5) is 33.5. The quantitative estimate of drug-likeness (QED) is 0.726. The molecule has 0 saturated carbocycles. The predicted octanol–water partition coefficient (Wildman–Crippen LogP) is 1.71. The van der Waals surface area contributed by atoms with Gasteiger partial charge in [-0.15, -0.1) is 0 Å². The largest absolute Gasteiger partial charge is 0.481 e. The normalized spacial score (nSPS) is 12.7. The van der Waals surface area contributed by atoms with Gasteiger partial charge in [-0.3, -0.25) is 9.59 Å². The molecular formula is C11H18BrNO5. The van der Waals surface area contributed by atoms with Crippen LogP contribution in [0.2, 0.25) is 0 Å². The van der Waals surface area contributed by atoms with Gasteiger partial charge in [-0.05, 0) is 27.2 Å². The zero-order chi connectivity index (χ0) is 14.3. The lowest BCUT2D eigenvalue weighted by Gasteiger charge is -2.22. The first-order chi connectivity index (χ1) is 8.15. The lowest BCUT2D eigenvalue weighted by atomic mass is 10.1. The van der Waals surface area contributed by atoms with Crippen LogP contribution in [-0.2, 0) is 14.3 Å². The highest BCUT2D eigenvalue weighted by Gasteiger charge is 2.24. The monoisotopic (exact) mass is 323 g/mol. The van der Waals surface area contributed by atoms with Crippen LogP contribution in [0.3, 0.4) is 0 Å². The van der Waals surface area contributed by atoms with E-state index in [9.17, 15) is 14.4 Å². The molecule has 0 aliphatic heterocycles. The molecule has 7 heteroatoms. The topological polar surface area (TPSA) is 92.7 Å². The van der Waals surface area contributed by atoms with Crippen LogP contribution in [-0.4, -0.2) is 39.9 Å². The summed E-state index contributed by atoms with van der Waals surface area (Å²) >= 11 is 2.98. The van der Waals surface area contributed by atoms with Crippen molar-refractivity contribution >= 4 is 33.8 Å². The van der Waals surface area contributed by atoms with E-state index in [1.807, 2.05) is 0 Å². The first-order valence-electron chi connectivity index (χ1n) is 5.45. The zero-order valence-electron chi connectivity index (χ0n) is 10.7. The van der Waals surface area contributed by atoms with Crippen molar-refractivity contribution in [3.8, 4) is 0 Å². The van der Waals surface area contributed by atoms with E-state index in [1.54, 1.807) is 20.8 Å². The minimum atomic E-state index is -1.02. The van der Waals surface area contributed by atoms with E-state index in [2.05, 4.69) is 21.2 Å². The first-order valence-corrected chi connectivity index (χ1v) is 6.58. The number of rotatable bonds is 6. The summed E-state index contributed by atoms with van der Waals surface area (Å²) < 4.78 is 5.00. The number of aliphatic carboxylic acids is 1. The summed E-state index contributed by atoms with van der Waals surface area (Å²) in [6.45, 7) is 5.10. The average Bonchev–Trinajstić information content (AvgIpc) is 2.20. The standard InChI is InChI=1S/C11H18BrNO5/c1-11(2,3)18-10(17)13-7(8(14)6-12)4-5-9(15)16/h7H,4-6H2,1-3H3,(H,13,17)(H,15,16)/t7-/m0/s1. The number of carbonyl (C=O) groups excluding carboxylic acids is 2. The van der Waals surface area contributed by atoms with E-state index in [4.69, 9.17) is 9.84 Å². The molecule has 0 heterocycles. The average molecular weight is 324 g/mol. The number of hydrogen-bond acceptors (Lipinski definition) is 4. The van der Waals surface area contributed by atoms with E-state index in [0.29, 0.717) is 0 Å². The Bertz CT molecular complexity index is 324. The Hall–Kier alpha value is -1.11. The Balaban J connectivity index is 4.45. The molecule has 0 aromatic rings. The zero-order valence-corrected chi connectivity index (χ0v) is 12.2. The number of carboxylic acid groups (broad SMARTS) is 1. The van der Waals surface area contributed by atoms with E-state index in [0.717, 1.165) is 0 Å². The molecule has 0 bridgehead atoms. The maximum absolute atomic E-state index is 11.5. The van der Waals surface area contributed by atoms with Gasteiger partial charge in [0.1, 0.15) is 5.60 Å². The fraction of sp³-hybridized carbons (Fsp3) is 0.727. The third kappa shape index (κ3) is 8.05. The second-order valence-electron chi connectivity index (χ2n) is 4.73. The maximum atomic E-state index is 11.5. The molecule has 104 valence electrons. The number of hydrogen-bond donors (Lipinski definition) is 2. The Morgan fingerprint density at radius 1 is 1.33 bits per heavy atom. The number of alkyl carbamates (subject to hydrolysis) is 1. The van der Waals surface area contributed by atoms with Gasteiger partial charge < -0.3 is 15.2 Å². The Kier molecular flexibility index (Phi) is 6.90. The molecule has 0 aliphatic rings. The van der Waals surface area contributed by atoms with Gasteiger partial charge in [0, 0.05) is 6.42 Å². The summed E-state index contributed by atoms with van der Waals surface area (Å²) in [5.41, 5.74) is -0.668. The molecule has 0 fully saturated rings. The summed E-state index contributed by atoms with van der Waals surface area (Å²) in [5.74, 6) is -1.31. The van der Waals surface area contributed by atoms with Gasteiger partial charge in [0.2, 0.25) is 0 Å². The summed E-state index contributed by atoms with van der Waals surface area (Å²) in [7, 11) is 0. The van der Waals surface area contributed by atoms with Crippen molar-refractivity contribution < 1.29 is 24.2 Å². The molecule has 0 radical (unpaired) electrons. The molecule has 6 nitrogen and oxygen atoms in total. The fourth-order valence-electron chi connectivity index (χ4n) is 1.12. The SMILES string of the molecule is CC(C)(C)OC(=O)N[C@@H](CCC(=O)O)C(=O)CBr. The van der Waals surface area contributed by atoms with Crippen LogP contribution in [0, 0.1) is 0 Å². The number of ether oxygens (including phenoxy) is 1. The first kappa shape index (κ1) is 16.9. The van der Waals surface area contributed by atoms with Gasteiger partial charge in [0.25, 0.3) is 0 Å². The van der Waals surface area contributed by atoms with Crippen LogP contribution >= 0.6 is 15.9 Å². The maximum Gasteiger partial charge on any atom is 0.408 e. The second kappa shape index (κ2) is 7.35. The van der Waals surface area contributed by atoms with Gasteiger partial charge in [-0.2, -0.15) is 0 Å². The summed E-state index contributed by atoms with van der Waals surface area (Å²) in [6, 6.07) is -0.852. The smallest absolute Gasteiger partial charge is 0.408 e. The highest BCUT2D eigenvalue weighted by molar-refractivity contribution is 9.09. The number of carboxylic acids is 1. The Morgan fingerprint density at radius 2 is 1.89 bits per heavy atom. The summed E-state index contributed by atoms with van der Waals surface area (Å²) in [5, 5.41) is 11.0. The van der Waals surface area contributed by atoms with E-state index >= 15 is 0 Å². The van der Waals surface area contributed by atoms with Crippen molar-refractivity contribution in [3.05, 3.63) is 0 Å². The van der Waals surface area contributed by atoms with Gasteiger partial charge >= 0.3 is 12.1 Å². The molecule has 0 rings (SSSR count). The highest BCUT2D eigenvalue weighted by atomic mass is 79.9. The lowest BCUT2D eigenvalue weighted by molar-refractivity contribution is -0.137. The molecule has 0 unspecified atom stereocenters. The highest BCUT2D eigenvalue weighted by Crippen LogP contribution is 2.08. The molecule has 0 aromatic heterocycles. The van der Waals surface area contributed by atoms with Crippen LogP contribution in [0.1, 0.15) is 33.6 Å². The van der Waals surface area contributed by atoms with E-state index < -0.39 is 23.7 Å². The van der Waals surface area contributed by atoms with Crippen molar-refractivity contribution in [1.29, 1.82) is 0 Å². The van der Waals surface area contributed by atoms with Gasteiger partial charge in [0.15, 0.2) is 5.78 Å². The van der Waals surface area contributed by atoms with E-state index in [1.165, 1.54) is 0 Å². The van der Waals surface area contributed by atoms with Crippen molar-refractivity contribution in [1.82, 2.24) is 5.32 Å². The molecule has 1 atom stereocenters. The number of ketones is 1. The number of nitrogens with one attached hydrogen (secondary N) is 1. The molecule has 0 spiro atoms. The van der Waals surface area contributed by atoms with Crippen molar-refractivity contribution in [2.75, 3.05) is 5.33 Å². The molecule has 0 saturated heterocycles. The molecule has 0 aliphatic carbocycles. The Labute approximate surface area is 114 Å². The molecule has 18 heavy (non-hydrogen) atoms. The fourth-order valence-corrected chi connectivity index (χ4v) is 1.52.